The van der Waals surface area contributed by atoms with Crippen LogP contribution in [0.4, 0.5) is 5.69 Å². The van der Waals surface area contributed by atoms with Crippen LogP contribution in [0.15, 0.2) is 48.5 Å². The molecule has 0 aromatic heterocycles. The highest BCUT2D eigenvalue weighted by molar-refractivity contribution is 5.99. The number of amides is 2. The molecule has 0 saturated heterocycles. The van der Waals surface area contributed by atoms with E-state index in [2.05, 4.69) is 5.32 Å². The maximum atomic E-state index is 12.4. The van der Waals surface area contributed by atoms with Crippen molar-refractivity contribution in [2.24, 2.45) is 0 Å². The summed E-state index contributed by atoms with van der Waals surface area (Å²) in [6.07, 6.45) is 0. The number of hydrogen-bond donors (Lipinski definition) is 1. The van der Waals surface area contributed by atoms with Gasteiger partial charge in [-0.1, -0.05) is 6.07 Å². The lowest BCUT2D eigenvalue weighted by Gasteiger charge is -2.17. The molecule has 0 radical (unpaired) electrons. The first-order chi connectivity index (χ1) is 12.4. The van der Waals surface area contributed by atoms with Crippen molar-refractivity contribution in [3.8, 4) is 11.5 Å². The number of ether oxygens (including phenoxy) is 2. The molecule has 2 amide bonds. The van der Waals surface area contributed by atoms with E-state index in [1.54, 1.807) is 31.4 Å². The number of methoxy groups -OCH3 is 1. The van der Waals surface area contributed by atoms with Crippen molar-refractivity contribution >= 4 is 23.5 Å². The first kappa shape index (κ1) is 19.0. The Morgan fingerprint density at radius 2 is 1.73 bits per heavy atom. The second-order valence-electron chi connectivity index (χ2n) is 5.56. The van der Waals surface area contributed by atoms with E-state index in [-0.39, 0.29) is 18.4 Å². The molecule has 0 aliphatic heterocycles. The normalized spacial score (nSPS) is 9.96. The summed E-state index contributed by atoms with van der Waals surface area (Å²) in [6.45, 7) is 1.19. The Bertz CT molecular complexity index is 802. The van der Waals surface area contributed by atoms with Crippen molar-refractivity contribution in [1.82, 2.24) is 4.90 Å². The van der Waals surface area contributed by atoms with Crippen LogP contribution in [-0.4, -0.2) is 43.4 Å². The molecule has 0 fully saturated rings. The van der Waals surface area contributed by atoms with Gasteiger partial charge in [0.1, 0.15) is 11.5 Å². The summed E-state index contributed by atoms with van der Waals surface area (Å²) in [7, 11) is 3.08. The SMILES string of the molecule is COc1cccc(NC(=O)CN(C)C(=O)c2ccc(OC(C)=O)cc2)c1. The number of nitrogens with one attached hydrogen (secondary N) is 1. The third-order valence-electron chi connectivity index (χ3n) is 3.44. The Morgan fingerprint density at radius 3 is 2.35 bits per heavy atom. The standard InChI is InChI=1S/C19H20N2O5/c1-13(22)26-16-9-7-14(8-10-16)19(24)21(2)12-18(23)20-15-5-4-6-17(11-15)25-3/h4-11H,12H2,1-3H3,(H,20,23). The van der Waals surface area contributed by atoms with Gasteiger partial charge in [0.05, 0.1) is 13.7 Å². The van der Waals surface area contributed by atoms with Gasteiger partial charge in [0.15, 0.2) is 0 Å². The first-order valence-electron chi connectivity index (χ1n) is 7.87. The number of likely N-dealkylation sites (N-methyl/N-ethyl adjacent to an activating group) is 1. The molecule has 2 aromatic rings. The zero-order valence-electron chi connectivity index (χ0n) is 14.8. The molecule has 0 saturated carbocycles. The molecule has 2 rings (SSSR count). The van der Waals surface area contributed by atoms with E-state index < -0.39 is 5.97 Å². The quantitative estimate of drug-likeness (QED) is 0.634. The highest BCUT2D eigenvalue weighted by atomic mass is 16.5. The zero-order valence-corrected chi connectivity index (χ0v) is 14.8. The van der Waals surface area contributed by atoms with E-state index in [1.165, 1.54) is 43.1 Å². The number of anilines is 1. The van der Waals surface area contributed by atoms with Crippen LogP contribution in [0.25, 0.3) is 0 Å². The average Bonchev–Trinajstić information content (AvgIpc) is 2.61. The topological polar surface area (TPSA) is 84.9 Å². The van der Waals surface area contributed by atoms with Gasteiger partial charge in [-0.3, -0.25) is 14.4 Å². The Morgan fingerprint density at radius 1 is 1.04 bits per heavy atom. The van der Waals surface area contributed by atoms with Crippen LogP contribution in [0.5, 0.6) is 11.5 Å². The Hall–Kier alpha value is -3.35. The fraction of sp³-hybridized carbons (Fsp3) is 0.211. The molecule has 0 aliphatic carbocycles. The van der Waals surface area contributed by atoms with Gasteiger partial charge in [-0.05, 0) is 36.4 Å². The number of esters is 1. The summed E-state index contributed by atoms with van der Waals surface area (Å²) in [5.74, 6) is -0.103. The number of hydrogen-bond acceptors (Lipinski definition) is 5. The summed E-state index contributed by atoms with van der Waals surface area (Å²) in [6, 6.07) is 13.1. The van der Waals surface area contributed by atoms with Gasteiger partial charge in [0.2, 0.25) is 5.91 Å². The van der Waals surface area contributed by atoms with E-state index in [9.17, 15) is 14.4 Å². The van der Waals surface area contributed by atoms with E-state index in [4.69, 9.17) is 9.47 Å². The average molecular weight is 356 g/mol. The van der Waals surface area contributed by atoms with Crippen molar-refractivity contribution in [1.29, 1.82) is 0 Å². The van der Waals surface area contributed by atoms with Crippen LogP contribution < -0.4 is 14.8 Å². The highest BCUT2D eigenvalue weighted by Crippen LogP contribution is 2.17. The van der Waals surface area contributed by atoms with Crippen LogP contribution in [0.3, 0.4) is 0 Å². The smallest absolute Gasteiger partial charge is 0.308 e. The lowest BCUT2D eigenvalue weighted by Crippen LogP contribution is -2.34. The fourth-order valence-corrected chi connectivity index (χ4v) is 2.24. The fourth-order valence-electron chi connectivity index (χ4n) is 2.24. The number of carbonyl (C=O) groups is 3. The summed E-state index contributed by atoms with van der Waals surface area (Å²) in [5, 5.41) is 2.71. The Labute approximate surface area is 151 Å². The Kier molecular flexibility index (Phi) is 6.32. The molecule has 1 N–H and O–H groups in total. The maximum absolute atomic E-state index is 12.4. The Balaban J connectivity index is 1.95. The van der Waals surface area contributed by atoms with Crippen molar-refractivity contribution in [2.45, 2.75) is 6.92 Å². The van der Waals surface area contributed by atoms with E-state index >= 15 is 0 Å². The molecule has 0 atom stereocenters. The van der Waals surface area contributed by atoms with Crippen LogP contribution in [0.1, 0.15) is 17.3 Å². The summed E-state index contributed by atoms with van der Waals surface area (Å²) in [4.78, 5) is 36.7. The molecular weight excluding hydrogens is 336 g/mol. The lowest BCUT2D eigenvalue weighted by molar-refractivity contribution is -0.131. The monoisotopic (exact) mass is 356 g/mol. The molecule has 0 spiro atoms. The van der Waals surface area contributed by atoms with E-state index in [0.717, 1.165) is 0 Å². The highest BCUT2D eigenvalue weighted by Gasteiger charge is 2.15. The molecule has 26 heavy (non-hydrogen) atoms. The molecule has 2 aromatic carbocycles. The summed E-state index contributed by atoms with van der Waals surface area (Å²) >= 11 is 0. The van der Waals surface area contributed by atoms with Crippen LogP contribution in [-0.2, 0) is 9.59 Å². The van der Waals surface area contributed by atoms with Crippen molar-refractivity contribution in [3.63, 3.8) is 0 Å². The molecule has 7 nitrogen and oxygen atoms in total. The van der Waals surface area contributed by atoms with Gasteiger partial charge < -0.3 is 19.7 Å². The second-order valence-corrected chi connectivity index (χ2v) is 5.56. The van der Waals surface area contributed by atoms with Crippen LogP contribution >= 0.6 is 0 Å². The van der Waals surface area contributed by atoms with Gasteiger partial charge >= 0.3 is 5.97 Å². The van der Waals surface area contributed by atoms with Gasteiger partial charge in [-0.15, -0.1) is 0 Å². The third-order valence-corrected chi connectivity index (χ3v) is 3.44. The van der Waals surface area contributed by atoms with E-state index in [1.807, 2.05) is 0 Å². The minimum atomic E-state index is -0.435. The van der Waals surface area contributed by atoms with Crippen LogP contribution in [0.2, 0.25) is 0 Å². The van der Waals surface area contributed by atoms with Gasteiger partial charge in [-0.2, -0.15) is 0 Å². The van der Waals surface area contributed by atoms with Crippen molar-refractivity contribution < 1.29 is 23.9 Å². The second kappa shape index (κ2) is 8.66. The molecule has 136 valence electrons. The van der Waals surface area contributed by atoms with Crippen molar-refractivity contribution in [2.75, 3.05) is 26.0 Å². The molecular formula is C19H20N2O5. The zero-order chi connectivity index (χ0) is 19.1. The number of rotatable bonds is 6. The van der Waals surface area contributed by atoms with Gasteiger partial charge in [-0.25, -0.2) is 0 Å². The van der Waals surface area contributed by atoms with Crippen LogP contribution in [0, 0.1) is 0 Å². The minimum absolute atomic E-state index is 0.109. The van der Waals surface area contributed by atoms with Gasteiger partial charge in [0.25, 0.3) is 5.91 Å². The maximum Gasteiger partial charge on any atom is 0.308 e. The summed E-state index contributed by atoms with van der Waals surface area (Å²) in [5.41, 5.74) is 0.971. The molecule has 0 unspecified atom stereocenters. The first-order valence-corrected chi connectivity index (χ1v) is 7.87. The predicted molar refractivity (Wildman–Crippen MR) is 96.3 cm³/mol. The number of nitrogens with zero attached hydrogens (tertiary/aromatic N) is 1. The number of carbonyl (C=O) groups excluding carboxylic acids is 3. The predicted octanol–water partition coefficient (Wildman–Crippen LogP) is 2.33. The lowest BCUT2D eigenvalue weighted by atomic mass is 10.2. The third kappa shape index (κ3) is 5.34. The van der Waals surface area contributed by atoms with Crippen molar-refractivity contribution in [3.05, 3.63) is 54.1 Å². The van der Waals surface area contributed by atoms with Gasteiger partial charge in [0, 0.05) is 31.3 Å². The molecule has 0 heterocycles. The number of benzene rings is 2. The molecule has 7 heteroatoms. The molecule has 0 bridgehead atoms. The largest absolute Gasteiger partial charge is 0.497 e. The summed E-state index contributed by atoms with van der Waals surface area (Å²) < 4.78 is 10.0. The minimum Gasteiger partial charge on any atom is -0.497 e. The van der Waals surface area contributed by atoms with E-state index in [0.29, 0.717) is 22.7 Å². The molecule has 0 aliphatic rings.